The van der Waals surface area contributed by atoms with Crippen LogP contribution < -0.4 is 0 Å². The van der Waals surface area contributed by atoms with Crippen LogP contribution in [0, 0.1) is 13.8 Å². The second kappa shape index (κ2) is 5.65. The summed E-state index contributed by atoms with van der Waals surface area (Å²) >= 11 is 0. The van der Waals surface area contributed by atoms with Crippen molar-refractivity contribution in [3.8, 4) is 11.3 Å². The van der Waals surface area contributed by atoms with Gasteiger partial charge in [-0.1, -0.05) is 29.8 Å². The summed E-state index contributed by atoms with van der Waals surface area (Å²) in [5, 5.41) is 0. The molecule has 0 N–H and O–H groups in total. The fourth-order valence-electron chi connectivity index (χ4n) is 1.87. The molecule has 98 valence electrons. The van der Waals surface area contributed by atoms with Gasteiger partial charge in [-0.05, 0) is 32.9 Å². The molecular formula is C16H17NO2. The van der Waals surface area contributed by atoms with Crippen LogP contribution >= 0.6 is 0 Å². The predicted octanol–water partition coefficient (Wildman–Crippen LogP) is 3.54. The molecule has 1 aromatic heterocycles. The summed E-state index contributed by atoms with van der Waals surface area (Å²) in [7, 11) is 0. The number of ether oxygens (including phenoxy) is 1. The van der Waals surface area contributed by atoms with E-state index in [-0.39, 0.29) is 5.97 Å². The van der Waals surface area contributed by atoms with E-state index < -0.39 is 0 Å². The lowest BCUT2D eigenvalue weighted by atomic mass is 10.1. The van der Waals surface area contributed by atoms with Gasteiger partial charge in [-0.2, -0.15) is 0 Å². The Kier molecular flexibility index (Phi) is 3.95. The first-order chi connectivity index (χ1) is 9.10. The summed E-state index contributed by atoms with van der Waals surface area (Å²) in [6.45, 7) is 6.09. The van der Waals surface area contributed by atoms with E-state index >= 15 is 0 Å². The topological polar surface area (TPSA) is 39.2 Å². The van der Waals surface area contributed by atoms with Gasteiger partial charge in [0.05, 0.1) is 17.9 Å². The molecule has 0 aliphatic rings. The average Bonchev–Trinajstić information content (AvgIpc) is 2.39. The third kappa shape index (κ3) is 3.19. The number of hydrogen-bond donors (Lipinski definition) is 0. The van der Waals surface area contributed by atoms with Crippen LogP contribution in [-0.2, 0) is 4.74 Å². The minimum absolute atomic E-state index is 0.304. The van der Waals surface area contributed by atoms with E-state index in [1.165, 1.54) is 5.56 Å². The van der Waals surface area contributed by atoms with Crippen molar-refractivity contribution < 1.29 is 9.53 Å². The van der Waals surface area contributed by atoms with Crippen LogP contribution in [0.2, 0.25) is 0 Å². The quantitative estimate of drug-likeness (QED) is 0.787. The molecule has 0 amide bonds. The van der Waals surface area contributed by atoms with E-state index in [4.69, 9.17) is 4.74 Å². The number of carbonyl (C=O) groups is 1. The first-order valence-corrected chi connectivity index (χ1v) is 6.33. The molecule has 0 atom stereocenters. The molecule has 0 unspecified atom stereocenters. The predicted molar refractivity (Wildman–Crippen MR) is 75.1 cm³/mol. The summed E-state index contributed by atoms with van der Waals surface area (Å²) < 4.78 is 5.03. The smallest absolute Gasteiger partial charge is 0.338 e. The maximum absolute atomic E-state index is 11.8. The Morgan fingerprint density at radius 2 is 1.84 bits per heavy atom. The minimum Gasteiger partial charge on any atom is -0.462 e. The largest absolute Gasteiger partial charge is 0.462 e. The molecule has 0 saturated carbocycles. The summed E-state index contributed by atoms with van der Waals surface area (Å²) in [6.07, 6.45) is 0. The summed E-state index contributed by atoms with van der Waals surface area (Å²) in [4.78, 5) is 16.3. The summed E-state index contributed by atoms with van der Waals surface area (Å²) in [5.74, 6) is -0.304. The molecule has 0 radical (unpaired) electrons. The number of aromatic nitrogens is 1. The van der Waals surface area contributed by atoms with Gasteiger partial charge >= 0.3 is 5.97 Å². The van der Waals surface area contributed by atoms with Crippen molar-refractivity contribution in [2.24, 2.45) is 0 Å². The Hall–Kier alpha value is -2.16. The van der Waals surface area contributed by atoms with Crippen molar-refractivity contribution in [3.63, 3.8) is 0 Å². The Morgan fingerprint density at radius 3 is 2.47 bits per heavy atom. The fourth-order valence-corrected chi connectivity index (χ4v) is 1.87. The van der Waals surface area contributed by atoms with E-state index in [9.17, 15) is 4.79 Å². The average molecular weight is 255 g/mol. The van der Waals surface area contributed by atoms with Crippen molar-refractivity contribution in [3.05, 3.63) is 53.2 Å². The van der Waals surface area contributed by atoms with Crippen molar-refractivity contribution in [2.75, 3.05) is 6.61 Å². The van der Waals surface area contributed by atoms with Gasteiger partial charge in [0.25, 0.3) is 0 Å². The van der Waals surface area contributed by atoms with Crippen molar-refractivity contribution in [2.45, 2.75) is 20.8 Å². The van der Waals surface area contributed by atoms with E-state index in [0.29, 0.717) is 12.2 Å². The van der Waals surface area contributed by atoms with E-state index in [0.717, 1.165) is 17.0 Å². The lowest BCUT2D eigenvalue weighted by Gasteiger charge is -2.07. The van der Waals surface area contributed by atoms with Crippen molar-refractivity contribution in [1.82, 2.24) is 4.98 Å². The molecule has 0 saturated heterocycles. The van der Waals surface area contributed by atoms with Crippen LogP contribution in [0.15, 0.2) is 36.4 Å². The zero-order valence-corrected chi connectivity index (χ0v) is 11.4. The molecule has 2 aromatic rings. The van der Waals surface area contributed by atoms with E-state index in [2.05, 4.69) is 4.98 Å². The van der Waals surface area contributed by atoms with Crippen LogP contribution in [0.4, 0.5) is 0 Å². The minimum atomic E-state index is -0.304. The number of aryl methyl sites for hydroxylation is 2. The Balaban J connectivity index is 2.41. The number of benzene rings is 1. The number of carbonyl (C=O) groups excluding carboxylic acids is 1. The standard InChI is InChI=1S/C16H17NO2/c1-4-19-16(18)14-9-12(3)17-15(10-14)13-7-5-11(2)6-8-13/h5-10H,4H2,1-3H3. The van der Waals surface area contributed by atoms with E-state index in [1.54, 1.807) is 19.1 Å². The van der Waals surface area contributed by atoms with Gasteiger partial charge in [0.1, 0.15) is 0 Å². The number of esters is 1. The first-order valence-electron chi connectivity index (χ1n) is 6.33. The zero-order valence-electron chi connectivity index (χ0n) is 11.4. The lowest BCUT2D eigenvalue weighted by Crippen LogP contribution is -2.06. The highest BCUT2D eigenvalue weighted by molar-refractivity contribution is 5.90. The number of pyridine rings is 1. The summed E-state index contributed by atoms with van der Waals surface area (Å²) in [6, 6.07) is 11.6. The van der Waals surface area contributed by atoms with E-state index in [1.807, 2.05) is 38.1 Å². The summed E-state index contributed by atoms with van der Waals surface area (Å²) in [5.41, 5.74) is 4.34. The highest BCUT2D eigenvalue weighted by atomic mass is 16.5. The van der Waals surface area contributed by atoms with Gasteiger partial charge in [0.2, 0.25) is 0 Å². The van der Waals surface area contributed by atoms with Crippen molar-refractivity contribution in [1.29, 1.82) is 0 Å². The number of rotatable bonds is 3. The molecular weight excluding hydrogens is 238 g/mol. The third-order valence-corrected chi connectivity index (χ3v) is 2.81. The SMILES string of the molecule is CCOC(=O)c1cc(C)nc(-c2ccc(C)cc2)c1. The second-order valence-corrected chi connectivity index (χ2v) is 4.47. The molecule has 3 heteroatoms. The molecule has 0 spiro atoms. The molecule has 0 bridgehead atoms. The molecule has 3 nitrogen and oxygen atoms in total. The van der Waals surface area contributed by atoms with Gasteiger partial charge in [0.15, 0.2) is 0 Å². The maximum Gasteiger partial charge on any atom is 0.338 e. The highest BCUT2D eigenvalue weighted by Crippen LogP contribution is 2.20. The van der Waals surface area contributed by atoms with Crippen LogP contribution in [0.3, 0.4) is 0 Å². The van der Waals surface area contributed by atoms with Crippen molar-refractivity contribution >= 4 is 5.97 Å². The maximum atomic E-state index is 11.8. The van der Waals surface area contributed by atoms with Gasteiger partial charge in [-0.25, -0.2) is 4.79 Å². The monoisotopic (exact) mass is 255 g/mol. The Morgan fingerprint density at radius 1 is 1.16 bits per heavy atom. The second-order valence-electron chi connectivity index (χ2n) is 4.47. The Labute approximate surface area is 113 Å². The van der Waals surface area contributed by atoms with Gasteiger partial charge < -0.3 is 4.74 Å². The molecule has 19 heavy (non-hydrogen) atoms. The molecule has 0 aliphatic carbocycles. The lowest BCUT2D eigenvalue weighted by molar-refractivity contribution is 0.0526. The van der Waals surface area contributed by atoms with Gasteiger partial charge in [-0.3, -0.25) is 4.98 Å². The zero-order chi connectivity index (χ0) is 13.8. The van der Waals surface area contributed by atoms with Crippen LogP contribution in [0.1, 0.15) is 28.5 Å². The Bertz CT molecular complexity index is 588. The molecule has 0 aliphatic heterocycles. The van der Waals surface area contributed by atoms with Crippen LogP contribution in [0.25, 0.3) is 11.3 Å². The normalized spacial score (nSPS) is 10.3. The van der Waals surface area contributed by atoms with Gasteiger partial charge in [0, 0.05) is 11.3 Å². The molecule has 0 fully saturated rings. The highest BCUT2D eigenvalue weighted by Gasteiger charge is 2.10. The molecule has 1 aromatic carbocycles. The van der Waals surface area contributed by atoms with Gasteiger partial charge in [-0.15, -0.1) is 0 Å². The van der Waals surface area contributed by atoms with Crippen LogP contribution in [0.5, 0.6) is 0 Å². The third-order valence-electron chi connectivity index (χ3n) is 2.81. The molecule has 2 rings (SSSR count). The first kappa shape index (κ1) is 13.3. The van der Waals surface area contributed by atoms with Crippen LogP contribution in [-0.4, -0.2) is 17.6 Å². The number of hydrogen-bond acceptors (Lipinski definition) is 3. The fraction of sp³-hybridized carbons (Fsp3) is 0.250. The number of nitrogens with zero attached hydrogens (tertiary/aromatic N) is 1. The molecule has 1 heterocycles.